The number of methoxy groups -OCH3 is 2. The summed E-state index contributed by atoms with van der Waals surface area (Å²) >= 11 is 0. The van der Waals surface area contributed by atoms with Gasteiger partial charge in [-0.1, -0.05) is 12.1 Å². The molecule has 164 valence electrons. The van der Waals surface area contributed by atoms with E-state index in [1.807, 2.05) is 41.4 Å². The Morgan fingerprint density at radius 2 is 2.06 bits per heavy atom. The van der Waals surface area contributed by atoms with Crippen molar-refractivity contribution >= 4 is 11.6 Å². The van der Waals surface area contributed by atoms with Crippen molar-refractivity contribution in [3.05, 3.63) is 66.5 Å². The minimum absolute atomic E-state index is 0.0142. The first-order valence-corrected chi connectivity index (χ1v) is 10.6. The summed E-state index contributed by atoms with van der Waals surface area (Å²) in [6.07, 6.45) is 6.82. The highest BCUT2D eigenvalue weighted by molar-refractivity contribution is 5.93. The quantitative estimate of drug-likeness (QED) is 0.474. The van der Waals surface area contributed by atoms with Crippen LogP contribution in [-0.2, 0) is 0 Å². The first-order valence-electron chi connectivity index (χ1n) is 10.6. The number of ether oxygens (including phenoxy) is 2. The topological polar surface area (TPSA) is 82.1 Å². The normalized spacial score (nSPS) is 16.3. The van der Waals surface area contributed by atoms with Crippen LogP contribution < -0.4 is 9.47 Å². The fourth-order valence-corrected chi connectivity index (χ4v) is 4.29. The number of para-hydroxylation sites is 1. The van der Waals surface area contributed by atoms with Crippen molar-refractivity contribution in [2.75, 3.05) is 27.3 Å². The molecule has 0 aliphatic carbocycles. The van der Waals surface area contributed by atoms with Gasteiger partial charge < -0.3 is 18.8 Å². The van der Waals surface area contributed by atoms with Crippen LogP contribution >= 0.6 is 0 Å². The van der Waals surface area contributed by atoms with Crippen LogP contribution in [0.5, 0.6) is 11.5 Å². The van der Waals surface area contributed by atoms with E-state index < -0.39 is 0 Å². The van der Waals surface area contributed by atoms with Gasteiger partial charge in [0.1, 0.15) is 6.26 Å². The van der Waals surface area contributed by atoms with Gasteiger partial charge in [-0.2, -0.15) is 5.10 Å². The minimum Gasteiger partial charge on any atom is -0.493 e. The average Bonchev–Trinajstić information content (AvgIpc) is 3.53. The summed E-state index contributed by atoms with van der Waals surface area (Å²) in [7, 11) is 3.26. The highest BCUT2D eigenvalue weighted by Crippen LogP contribution is 2.37. The molecular weight excluding hydrogens is 408 g/mol. The molecular formula is C24H24N4O4. The van der Waals surface area contributed by atoms with E-state index in [4.69, 9.17) is 24.0 Å². The third kappa shape index (κ3) is 3.57. The number of carbonyl (C=O) groups is 1. The summed E-state index contributed by atoms with van der Waals surface area (Å²) in [6, 6.07) is 11.4. The number of furan rings is 1. The number of amides is 1. The highest BCUT2D eigenvalue weighted by Gasteiger charge is 2.28. The monoisotopic (exact) mass is 432 g/mol. The fraction of sp³-hybridized carbons (Fsp3) is 0.292. The molecule has 0 radical (unpaired) electrons. The van der Waals surface area contributed by atoms with Crippen molar-refractivity contribution in [1.82, 2.24) is 19.5 Å². The van der Waals surface area contributed by atoms with Gasteiger partial charge in [-0.15, -0.1) is 0 Å². The highest BCUT2D eigenvalue weighted by atomic mass is 16.5. The van der Waals surface area contributed by atoms with Crippen LogP contribution in [0.3, 0.4) is 0 Å². The zero-order valence-electron chi connectivity index (χ0n) is 18.0. The number of carbonyl (C=O) groups excluding carboxylic acids is 1. The molecule has 1 fully saturated rings. The van der Waals surface area contributed by atoms with Crippen LogP contribution in [0.25, 0.3) is 16.8 Å². The van der Waals surface area contributed by atoms with Gasteiger partial charge in [0.15, 0.2) is 23.0 Å². The number of pyridine rings is 1. The zero-order valence-corrected chi connectivity index (χ0v) is 18.0. The lowest BCUT2D eigenvalue weighted by atomic mass is 9.97. The Balaban J connectivity index is 1.43. The number of rotatable bonds is 5. The molecule has 32 heavy (non-hydrogen) atoms. The van der Waals surface area contributed by atoms with Gasteiger partial charge in [0.25, 0.3) is 5.91 Å². The summed E-state index contributed by atoms with van der Waals surface area (Å²) in [5.41, 5.74) is 3.21. The van der Waals surface area contributed by atoms with Gasteiger partial charge in [-0.05, 0) is 37.1 Å². The van der Waals surface area contributed by atoms with Crippen molar-refractivity contribution in [3.8, 4) is 22.6 Å². The Morgan fingerprint density at radius 3 is 2.84 bits per heavy atom. The molecule has 0 spiro atoms. The maximum Gasteiger partial charge on any atom is 0.257 e. The number of fused-ring (bicyclic) bond motifs is 1. The van der Waals surface area contributed by atoms with E-state index in [0.717, 1.165) is 42.0 Å². The maximum absolute atomic E-state index is 12.7. The van der Waals surface area contributed by atoms with Crippen LogP contribution in [0.15, 0.2) is 59.5 Å². The van der Waals surface area contributed by atoms with Crippen LogP contribution in [0.1, 0.15) is 34.9 Å². The molecule has 1 aromatic carbocycles. The molecule has 1 atom stereocenters. The fourth-order valence-electron chi connectivity index (χ4n) is 4.29. The van der Waals surface area contributed by atoms with E-state index in [9.17, 15) is 4.79 Å². The molecule has 1 saturated heterocycles. The lowest BCUT2D eigenvalue weighted by Gasteiger charge is -2.31. The molecule has 0 saturated carbocycles. The Labute approximate surface area is 185 Å². The van der Waals surface area contributed by atoms with E-state index in [1.165, 1.54) is 12.5 Å². The molecule has 1 aliphatic rings. The number of aromatic nitrogens is 3. The summed E-state index contributed by atoms with van der Waals surface area (Å²) in [6.45, 7) is 1.32. The molecule has 0 N–H and O–H groups in total. The molecule has 5 rings (SSSR count). The van der Waals surface area contributed by atoms with E-state index in [0.29, 0.717) is 23.6 Å². The molecule has 1 aliphatic heterocycles. The van der Waals surface area contributed by atoms with E-state index in [-0.39, 0.29) is 11.8 Å². The molecule has 1 amide bonds. The number of nitrogens with zero attached hydrogens (tertiary/aromatic N) is 4. The Kier molecular flexibility index (Phi) is 5.26. The summed E-state index contributed by atoms with van der Waals surface area (Å²) in [5, 5.41) is 4.75. The second-order valence-corrected chi connectivity index (χ2v) is 7.83. The van der Waals surface area contributed by atoms with Gasteiger partial charge in [0.05, 0.1) is 26.0 Å². The third-order valence-electron chi connectivity index (χ3n) is 5.90. The molecule has 0 bridgehead atoms. The third-order valence-corrected chi connectivity index (χ3v) is 5.90. The van der Waals surface area contributed by atoms with Crippen molar-refractivity contribution in [2.24, 2.45) is 0 Å². The number of likely N-dealkylation sites (tertiary alicyclic amines) is 1. The van der Waals surface area contributed by atoms with Crippen LogP contribution in [0.2, 0.25) is 0 Å². The van der Waals surface area contributed by atoms with Gasteiger partial charge in [-0.25, -0.2) is 9.50 Å². The van der Waals surface area contributed by atoms with Gasteiger partial charge in [0.2, 0.25) is 0 Å². The predicted molar refractivity (Wildman–Crippen MR) is 118 cm³/mol. The molecule has 3 aromatic heterocycles. The van der Waals surface area contributed by atoms with Crippen LogP contribution in [0.4, 0.5) is 0 Å². The van der Waals surface area contributed by atoms with Crippen LogP contribution in [0, 0.1) is 0 Å². The van der Waals surface area contributed by atoms with Crippen LogP contribution in [-0.4, -0.2) is 52.7 Å². The van der Waals surface area contributed by atoms with Gasteiger partial charge >= 0.3 is 0 Å². The first kappa shape index (κ1) is 20.1. The number of hydrogen-bond acceptors (Lipinski definition) is 6. The zero-order chi connectivity index (χ0) is 22.1. The Morgan fingerprint density at radius 1 is 1.16 bits per heavy atom. The van der Waals surface area contributed by atoms with Gasteiger partial charge in [-0.3, -0.25) is 4.79 Å². The molecule has 4 aromatic rings. The predicted octanol–water partition coefficient (Wildman–Crippen LogP) is 4.03. The van der Waals surface area contributed by atoms with Crippen molar-refractivity contribution in [2.45, 2.75) is 18.8 Å². The summed E-state index contributed by atoms with van der Waals surface area (Å²) in [4.78, 5) is 19.3. The SMILES string of the molecule is COc1cccc(-c2ccc3nc(C4CCCN(C(=O)c5ccoc5)C4)nn3c2)c1OC. The molecule has 4 heterocycles. The number of hydrogen-bond donors (Lipinski definition) is 0. The van der Waals surface area contributed by atoms with Gasteiger partial charge in [0, 0.05) is 36.3 Å². The van der Waals surface area contributed by atoms with E-state index in [1.54, 1.807) is 24.8 Å². The molecule has 8 nitrogen and oxygen atoms in total. The summed E-state index contributed by atoms with van der Waals surface area (Å²) in [5.74, 6) is 2.18. The standard InChI is InChI=1S/C24H24N4O4/c1-30-20-7-3-6-19(22(20)31-2)16-8-9-21-25-23(26-28(21)14-16)17-5-4-11-27(13-17)24(29)18-10-12-32-15-18/h3,6-10,12,14-15,17H,4-5,11,13H2,1-2H3. The molecule has 8 heteroatoms. The second kappa shape index (κ2) is 8.37. The maximum atomic E-state index is 12.7. The second-order valence-electron chi connectivity index (χ2n) is 7.83. The van der Waals surface area contributed by atoms with Crippen molar-refractivity contribution in [3.63, 3.8) is 0 Å². The average molecular weight is 432 g/mol. The largest absolute Gasteiger partial charge is 0.493 e. The van der Waals surface area contributed by atoms with E-state index in [2.05, 4.69) is 0 Å². The Bertz CT molecular complexity index is 1250. The first-order chi connectivity index (χ1) is 15.7. The smallest absolute Gasteiger partial charge is 0.257 e. The van der Waals surface area contributed by atoms with E-state index >= 15 is 0 Å². The Hall–Kier alpha value is -3.81. The number of benzene rings is 1. The van der Waals surface area contributed by atoms with Crippen molar-refractivity contribution in [1.29, 1.82) is 0 Å². The number of piperidine rings is 1. The lowest BCUT2D eigenvalue weighted by molar-refractivity contribution is 0.0704. The van der Waals surface area contributed by atoms with Crippen molar-refractivity contribution < 1.29 is 18.7 Å². The molecule has 1 unspecified atom stereocenters. The lowest BCUT2D eigenvalue weighted by Crippen LogP contribution is -2.39. The summed E-state index contributed by atoms with van der Waals surface area (Å²) < 4.78 is 17.9. The minimum atomic E-state index is -0.0142.